The number of hydrogen-bond donors (Lipinski definition) is 3. The van der Waals surface area contributed by atoms with Crippen LogP contribution in [-0.4, -0.2) is 64.9 Å². The van der Waals surface area contributed by atoms with E-state index in [1.54, 1.807) is 33.5 Å². The summed E-state index contributed by atoms with van der Waals surface area (Å²) >= 11 is 0. The van der Waals surface area contributed by atoms with E-state index >= 15 is 4.39 Å². The van der Waals surface area contributed by atoms with Gasteiger partial charge in [-0.25, -0.2) is 9.37 Å². The van der Waals surface area contributed by atoms with Crippen LogP contribution in [0.5, 0.6) is 5.75 Å². The molecule has 1 aliphatic carbocycles. The van der Waals surface area contributed by atoms with Crippen molar-refractivity contribution in [3.05, 3.63) is 60.0 Å². The molecule has 0 saturated heterocycles. The molecule has 0 bridgehead atoms. The van der Waals surface area contributed by atoms with Gasteiger partial charge in [-0.15, -0.1) is 0 Å². The topological polar surface area (TPSA) is 103 Å². The average Bonchev–Trinajstić information content (AvgIpc) is 3.55. The first-order valence-corrected chi connectivity index (χ1v) is 12.3. The number of methoxy groups -OCH3 is 1. The molecule has 0 aliphatic heterocycles. The van der Waals surface area contributed by atoms with Gasteiger partial charge in [0.2, 0.25) is 0 Å². The van der Waals surface area contributed by atoms with Gasteiger partial charge in [0.05, 0.1) is 24.1 Å². The molecule has 2 aromatic heterocycles. The molecule has 8 nitrogen and oxygen atoms in total. The Labute approximate surface area is 214 Å². The zero-order chi connectivity index (χ0) is 26.1. The van der Waals surface area contributed by atoms with E-state index in [0.29, 0.717) is 22.5 Å². The van der Waals surface area contributed by atoms with Crippen molar-refractivity contribution in [1.82, 2.24) is 20.1 Å². The number of benzene rings is 2. The largest absolute Gasteiger partial charge is 0.496 e. The van der Waals surface area contributed by atoms with E-state index < -0.39 is 5.82 Å². The van der Waals surface area contributed by atoms with E-state index in [9.17, 15) is 9.90 Å². The van der Waals surface area contributed by atoms with Gasteiger partial charge in [0.1, 0.15) is 11.6 Å². The van der Waals surface area contributed by atoms with Crippen molar-refractivity contribution in [2.24, 2.45) is 5.92 Å². The molecule has 1 aliphatic rings. The Bertz CT molecular complexity index is 1450. The fourth-order valence-corrected chi connectivity index (χ4v) is 5.02. The highest BCUT2D eigenvalue weighted by Gasteiger charge is 2.27. The molecule has 0 radical (unpaired) electrons. The Kier molecular flexibility index (Phi) is 6.80. The number of ether oxygens (including phenoxy) is 1. The van der Waals surface area contributed by atoms with Crippen LogP contribution in [0.1, 0.15) is 29.6 Å². The molecule has 5 rings (SSSR count). The second-order valence-electron chi connectivity index (χ2n) is 9.68. The summed E-state index contributed by atoms with van der Waals surface area (Å²) in [5, 5.41) is 20.8. The zero-order valence-corrected chi connectivity index (χ0v) is 21.1. The minimum atomic E-state index is -0.507. The van der Waals surface area contributed by atoms with E-state index in [1.807, 2.05) is 30.3 Å². The number of fused-ring (bicyclic) bond motifs is 1. The zero-order valence-electron chi connectivity index (χ0n) is 21.1. The van der Waals surface area contributed by atoms with Gasteiger partial charge in [0.15, 0.2) is 5.65 Å². The molecule has 2 aromatic carbocycles. The normalized spacial score (nSPS) is 17.2. The molecular formula is C28H30FN5O3. The van der Waals surface area contributed by atoms with E-state index in [1.165, 1.54) is 11.0 Å². The van der Waals surface area contributed by atoms with Crippen LogP contribution in [0.4, 0.5) is 10.1 Å². The van der Waals surface area contributed by atoms with Crippen molar-refractivity contribution in [2.45, 2.75) is 25.3 Å². The van der Waals surface area contributed by atoms with Gasteiger partial charge in [0.25, 0.3) is 5.91 Å². The fraction of sp³-hybridized carbons (Fsp3) is 0.321. The van der Waals surface area contributed by atoms with E-state index in [0.717, 1.165) is 35.9 Å². The van der Waals surface area contributed by atoms with E-state index in [2.05, 4.69) is 20.5 Å². The predicted molar refractivity (Wildman–Crippen MR) is 141 cm³/mol. The Morgan fingerprint density at radius 3 is 2.76 bits per heavy atom. The molecule has 37 heavy (non-hydrogen) atoms. The quantitative estimate of drug-likeness (QED) is 0.337. The summed E-state index contributed by atoms with van der Waals surface area (Å²) in [6.07, 6.45) is 4.05. The molecule has 2 atom stereocenters. The second-order valence-corrected chi connectivity index (χ2v) is 9.68. The van der Waals surface area contributed by atoms with Crippen molar-refractivity contribution in [1.29, 1.82) is 0 Å². The lowest BCUT2D eigenvalue weighted by molar-refractivity contribution is 0.0828. The lowest BCUT2D eigenvalue weighted by atomic mass is 9.99. The number of pyridine rings is 1. The smallest absolute Gasteiger partial charge is 0.255 e. The number of aromatic nitrogens is 3. The number of H-pyrrole nitrogens is 1. The molecule has 1 saturated carbocycles. The second kappa shape index (κ2) is 10.2. The molecule has 192 valence electrons. The fourth-order valence-electron chi connectivity index (χ4n) is 5.02. The number of hydrogen-bond acceptors (Lipinski definition) is 6. The van der Waals surface area contributed by atoms with Crippen LogP contribution < -0.4 is 10.1 Å². The highest BCUT2D eigenvalue weighted by Crippen LogP contribution is 2.36. The summed E-state index contributed by atoms with van der Waals surface area (Å²) in [6.45, 7) is 0.115. The molecule has 2 heterocycles. The Morgan fingerprint density at radius 2 is 2.03 bits per heavy atom. The average molecular weight is 504 g/mol. The number of aliphatic hydroxyl groups excluding tert-OH is 1. The molecule has 9 heteroatoms. The number of halogens is 1. The Hall–Kier alpha value is -3.98. The SMILES string of the molecule is COc1ccccc1-c1[nH]nc2ncc(-c3cc(F)c(NC4CC[C@@H](CO)C4)c(C(=O)N(C)C)c3)cc12. The van der Waals surface area contributed by atoms with Crippen LogP contribution >= 0.6 is 0 Å². The summed E-state index contributed by atoms with van der Waals surface area (Å²) in [6, 6.07) is 12.6. The molecule has 4 aromatic rings. The third-order valence-corrected chi connectivity index (χ3v) is 6.99. The van der Waals surface area contributed by atoms with Crippen LogP contribution in [0.25, 0.3) is 33.4 Å². The Balaban J connectivity index is 1.58. The number of carbonyl (C=O) groups is 1. The lowest BCUT2D eigenvalue weighted by Gasteiger charge is -2.21. The summed E-state index contributed by atoms with van der Waals surface area (Å²) in [7, 11) is 4.90. The van der Waals surface area contributed by atoms with Gasteiger partial charge < -0.3 is 20.1 Å². The van der Waals surface area contributed by atoms with Crippen molar-refractivity contribution >= 4 is 22.6 Å². The minimum absolute atomic E-state index is 0.00132. The number of nitrogens with zero attached hydrogens (tertiary/aromatic N) is 3. The van der Waals surface area contributed by atoms with Crippen molar-refractivity contribution in [3.63, 3.8) is 0 Å². The molecule has 1 amide bonds. The van der Waals surface area contributed by atoms with E-state index in [-0.39, 0.29) is 35.7 Å². The van der Waals surface area contributed by atoms with Gasteiger partial charge in [-0.05, 0) is 61.1 Å². The van der Waals surface area contributed by atoms with Crippen LogP contribution in [0, 0.1) is 11.7 Å². The van der Waals surface area contributed by atoms with E-state index in [4.69, 9.17) is 4.74 Å². The number of carbonyl (C=O) groups excluding carboxylic acids is 1. The van der Waals surface area contributed by atoms with Gasteiger partial charge in [-0.2, -0.15) is 5.10 Å². The third-order valence-electron chi connectivity index (χ3n) is 6.99. The first kappa shape index (κ1) is 24.7. The van der Waals surface area contributed by atoms with Crippen LogP contribution in [0.3, 0.4) is 0 Å². The van der Waals surface area contributed by atoms with Crippen molar-refractivity contribution in [3.8, 4) is 28.1 Å². The highest BCUT2D eigenvalue weighted by molar-refractivity contribution is 6.01. The lowest BCUT2D eigenvalue weighted by Crippen LogP contribution is -2.25. The molecule has 3 N–H and O–H groups in total. The number of aliphatic hydroxyl groups is 1. The van der Waals surface area contributed by atoms with Gasteiger partial charge in [0, 0.05) is 49.5 Å². The Morgan fingerprint density at radius 1 is 1.22 bits per heavy atom. The first-order chi connectivity index (χ1) is 17.9. The number of amides is 1. The number of rotatable bonds is 7. The third kappa shape index (κ3) is 4.74. The molecule has 1 unspecified atom stereocenters. The van der Waals surface area contributed by atoms with Gasteiger partial charge >= 0.3 is 0 Å². The highest BCUT2D eigenvalue weighted by atomic mass is 19.1. The maximum atomic E-state index is 15.6. The predicted octanol–water partition coefficient (Wildman–Crippen LogP) is 4.71. The van der Waals surface area contributed by atoms with Crippen molar-refractivity contribution < 1.29 is 19.0 Å². The van der Waals surface area contributed by atoms with Crippen molar-refractivity contribution in [2.75, 3.05) is 33.1 Å². The summed E-state index contributed by atoms with van der Waals surface area (Å²) in [5.41, 5.74) is 3.73. The summed E-state index contributed by atoms with van der Waals surface area (Å²) < 4.78 is 21.1. The number of aromatic amines is 1. The maximum Gasteiger partial charge on any atom is 0.255 e. The summed E-state index contributed by atoms with van der Waals surface area (Å²) in [5.74, 6) is 0.0755. The number of nitrogens with one attached hydrogen (secondary N) is 2. The molecule has 1 fully saturated rings. The van der Waals surface area contributed by atoms with Crippen LogP contribution in [0.15, 0.2) is 48.7 Å². The molecule has 0 spiro atoms. The number of anilines is 1. The van der Waals surface area contributed by atoms with Gasteiger partial charge in [-0.1, -0.05) is 12.1 Å². The summed E-state index contributed by atoms with van der Waals surface area (Å²) in [4.78, 5) is 19.0. The van der Waals surface area contributed by atoms with Gasteiger partial charge in [-0.3, -0.25) is 9.89 Å². The van der Waals surface area contributed by atoms with Crippen LogP contribution in [0.2, 0.25) is 0 Å². The molecular weight excluding hydrogens is 473 g/mol. The minimum Gasteiger partial charge on any atom is -0.496 e. The van der Waals surface area contributed by atoms with Crippen LogP contribution in [-0.2, 0) is 0 Å². The standard InChI is InChI=1S/C28H30FN5O3/c1-34(2)28(36)22-11-17(13-23(29)26(22)31-19-9-8-16(10-19)15-35)18-12-21-25(32-33-27(21)30-14-18)20-6-4-5-7-24(20)37-3/h4-7,11-14,16,19,31,35H,8-10,15H2,1-3H3,(H,30,32,33)/t16-,19?/m1/s1. The maximum absolute atomic E-state index is 15.6. The monoisotopic (exact) mass is 503 g/mol. The number of para-hydroxylation sites is 1. The first-order valence-electron chi connectivity index (χ1n) is 12.3.